The first-order chi connectivity index (χ1) is 11.3. The van der Waals surface area contributed by atoms with Crippen molar-refractivity contribution in [2.45, 2.75) is 6.54 Å². The predicted octanol–water partition coefficient (Wildman–Crippen LogP) is 4.27. The van der Waals surface area contributed by atoms with E-state index in [9.17, 15) is 4.79 Å². The molecule has 0 aliphatic carbocycles. The van der Waals surface area contributed by atoms with Gasteiger partial charge in [0.1, 0.15) is 0 Å². The van der Waals surface area contributed by atoms with Gasteiger partial charge in [-0.1, -0.05) is 54.6 Å². The van der Waals surface area contributed by atoms with Gasteiger partial charge in [-0.3, -0.25) is 9.80 Å². The second-order valence-electron chi connectivity index (χ2n) is 5.50. The topological polar surface area (TPSA) is 23.6 Å². The maximum absolute atomic E-state index is 13.1. The molecule has 0 saturated heterocycles. The summed E-state index contributed by atoms with van der Waals surface area (Å²) in [5.74, 6) is 0.00176. The number of para-hydroxylation sites is 2. The van der Waals surface area contributed by atoms with Gasteiger partial charge in [0.05, 0.1) is 17.9 Å². The van der Waals surface area contributed by atoms with E-state index in [0.717, 1.165) is 22.5 Å². The van der Waals surface area contributed by atoms with Gasteiger partial charge in [-0.25, -0.2) is 5.01 Å². The van der Waals surface area contributed by atoms with Gasteiger partial charge in [0.2, 0.25) is 0 Å². The summed E-state index contributed by atoms with van der Waals surface area (Å²) in [5, 5.41) is 3.79. The Morgan fingerprint density at radius 2 is 1.22 bits per heavy atom. The monoisotopic (exact) mass is 300 g/mol. The number of hydrogen-bond donors (Lipinski definition) is 0. The fraction of sp³-hybridized carbons (Fsp3) is 0.0500. The SMILES string of the molecule is O=C1c2ccccc2CN(c2ccccc2)N1c1ccccc1. The van der Waals surface area contributed by atoms with E-state index >= 15 is 0 Å². The minimum Gasteiger partial charge on any atom is -0.274 e. The van der Waals surface area contributed by atoms with Crippen molar-refractivity contribution in [3.8, 4) is 0 Å². The Labute approximate surface area is 135 Å². The lowest BCUT2D eigenvalue weighted by atomic mass is 10.0. The normalized spacial score (nSPS) is 13.8. The van der Waals surface area contributed by atoms with Crippen LogP contribution in [0.15, 0.2) is 84.9 Å². The van der Waals surface area contributed by atoms with E-state index < -0.39 is 0 Å². The van der Waals surface area contributed by atoms with Crippen LogP contribution >= 0.6 is 0 Å². The molecule has 1 aliphatic rings. The molecule has 0 unspecified atom stereocenters. The average Bonchev–Trinajstić information content (AvgIpc) is 2.63. The lowest BCUT2D eigenvalue weighted by molar-refractivity contribution is 0.0976. The van der Waals surface area contributed by atoms with Crippen molar-refractivity contribution in [2.75, 3.05) is 10.0 Å². The van der Waals surface area contributed by atoms with Gasteiger partial charge in [0.25, 0.3) is 5.91 Å². The van der Waals surface area contributed by atoms with Crippen LogP contribution in [-0.4, -0.2) is 5.91 Å². The van der Waals surface area contributed by atoms with Crippen LogP contribution in [0, 0.1) is 0 Å². The minimum absolute atomic E-state index is 0.00176. The first-order valence-electron chi connectivity index (χ1n) is 7.64. The Morgan fingerprint density at radius 1 is 0.652 bits per heavy atom. The Morgan fingerprint density at radius 3 is 1.91 bits per heavy atom. The van der Waals surface area contributed by atoms with Crippen molar-refractivity contribution in [1.29, 1.82) is 0 Å². The van der Waals surface area contributed by atoms with Crippen molar-refractivity contribution in [3.63, 3.8) is 0 Å². The molecule has 1 heterocycles. The van der Waals surface area contributed by atoms with Crippen LogP contribution in [0.25, 0.3) is 0 Å². The summed E-state index contributed by atoms with van der Waals surface area (Å²) in [6.45, 7) is 0.667. The summed E-state index contributed by atoms with van der Waals surface area (Å²) in [7, 11) is 0. The van der Waals surface area contributed by atoms with E-state index in [4.69, 9.17) is 0 Å². The van der Waals surface area contributed by atoms with Crippen LogP contribution in [0.5, 0.6) is 0 Å². The quantitative estimate of drug-likeness (QED) is 0.705. The van der Waals surface area contributed by atoms with Crippen molar-refractivity contribution < 1.29 is 4.79 Å². The summed E-state index contributed by atoms with van der Waals surface area (Å²) >= 11 is 0. The third-order valence-corrected chi connectivity index (χ3v) is 4.06. The summed E-state index contributed by atoms with van der Waals surface area (Å²) < 4.78 is 0. The highest BCUT2D eigenvalue weighted by Crippen LogP contribution is 2.31. The highest BCUT2D eigenvalue weighted by molar-refractivity contribution is 6.09. The lowest BCUT2D eigenvalue weighted by Gasteiger charge is -2.40. The number of amides is 1. The summed E-state index contributed by atoms with van der Waals surface area (Å²) in [4.78, 5) is 13.1. The minimum atomic E-state index is 0.00176. The zero-order chi connectivity index (χ0) is 15.6. The molecule has 3 aromatic carbocycles. The third kappa shape index (κ3) is 2.36. The molecule has 1 amide bonds. The van der Waals surface area contributed by atoms with Crippen molar-refractivity contribution in [3.05, 3.63) is 96.1 Å². The molecule has 0 saturated carbocycles. The number of nitrogens with zero attached hydrogens (tertiary/aromatic N) is 2. The predicted molar refractivity (Wildman–Crippen MR) is 92.3 cm³/mol. The van der Waals surface area contributed by atoms with Crippen LogP contribution in [0.3, 0.4) is 0 Å². The van der Waals surface area contributed by atoms with Crippen molar-refractivity contribution in [1.82, 2.24) is 0 Å². The first-order valence-corrected chi connectivity index (χ1v) is 7.64. The standard InChI is InChI=1S/C20H16N2O/c23-20-19-14-8-7-9-16(19)15-21(17-10-3-1-4-11-17)22(20)18-12-5-2-6-13-18/h1-14H,15H2. The molecule has 0 atom stereocenters. The van der Waals surface area contributed by atoms with Gasteiger partial charge in [0.15, 0.2) is 0 Å². The van der Waals surface area contributed by atoms with Crippen molar-refractivity contribution >= 4 is 17.3 Å². The maximum Gasteiger partial charge on any atom is 0.277 e. The summed E-state index contributed by atoms with van der Waals surface area (Å²) in [6, 6.07) is 27.6. The van der Waals surface area contributed by atoms with E-state index in [1.807, 2.05) is 89.9 Å². The number of hydrogen-bond acceptors (Lipinski definition) is 2. The Kier molecular flexibility index (Phi) is 3.31. The lowest BCUT2D eigenvalue weighted by Crippen LogP contribution is -2.50. The van der Waals surface area contributed by atoms with Gasteiger partial charge in [-0.15, -0.1) is 0 Å². The molecule has 0 aromatic heterocycles. The number of fused-ring (bicyclic) bond motifs is 1. The average molecular weight is 300 g/mol. The largest absolute Gasteiger partial charge is 0.277 e. The molecular weight excluding hydrogens is 284 g/mol. The smallest absolute Gasteiger partial charge is 0.274 e. The zero-order valence-corrected chi connectivity index (χ0v) is 12.6. The van der Waals surface area contributed by atoms with Crippen LogP contribution in [0.2, 0.25) is 0 Å². The summed E-state index contributed by atoms with van der Waals surface area (Å²) in [5.41, 5.74) is 3.69. The number of hydrazine groups is 1. The highest BCUT2D eigenvalue weighted by Gasteiger charge is 2.31. The fourth-order valence-electron chi connectivity index (χ4n) is 2.96. The number of carbonyl (C=O) groups excluding carboxylic acids is 1. The fourth-order valence-corrected chi connectivity index (χ4v) is 2.96. The number of carbonyl (C=O) groups is 1. The molecule has 0 N–H and O–H groups in total. The van der Waals surface area contributed by atoms with Crippen LogP contribution in [-0.2, 0) is 6.54 Å². The van der Waals surface area contributed by atoms with Crippen LogP contribution < -0.4 is 10.0 Å². The summed E-state index contributed by atoms with van der Waals surface area (Å²) in [6.07, 6.45) is 0. The number of anilines is 2. The van der Waals surface area contributed by atoms with Crippen LogP contribution in [0.4, 0.5) is 11.4 Å². The van der Waals surface area contributed by atoms with Gasteiger partial charge >= 0.3 is 0 Å². The Hall–Kier alpha value is -3.07. The molecule has 3 nitrogen and oxygen atoms in total. The van der Waals surface area contributed by atoms with E-state index in [-0.39, 0.29) is 5.91 Å². The number of benzene rings is 3. The van der Waals surface area contributed by atoms with Crippen LogP contribution in [0.1, 0.15) is 15.9 Å². The first kappa shape index (κ1) is 13.6. The van der Waals surface area contributed by atoms with Crippen molar-refractivity contribution in [2.24, 2.45) is 0 Å². The highest BCUT2D eigenvalue weighted by atomic mass is 16.2. The molecular formula is C20H16N2O. The van der Waals surface area contributed by atoms with Gasteiger partial charge < -0.3 is 0 Å². The Balaban J connectivity index is 1.87. The number of rotatable bonds is 2. The second kappa shape index (κ2) is 5.61. The third-order valence-electron chi connectivity index (χ3n) is 4.06. The molecule has 0 radical (unpaired) electrons. The van der Waals surface area contributed by atoms with Gasteiger partial charge in [0, 0.05) is 5.56 Å². The van der Waals surface area contributed by atoms with Gasteiger partial charge in [-0.05, 0) is 35.9 Å². The van der Waals surface area contributed by atoms with E-state index in [2.05, 4.69) is 0 Å². The molecule has 23 heavy (non-hydrogen) atoms. The molecule has 1 aliphatic heterocycles. The molecule has 0 spiro atoms. The van der Waals surface area contributed by atoms with E-state index in [1.165, 1.54) is 0 Å². The van der Waals surface area contributed by atoms with E-state index in [0.29, 0.717) is 6.54 Å². The molecule has 4 rings (SSSR count). The Bertz CT molecular complexity index is 831. The molecule has 112 valence electrons. The molecule has 0 bridgehead atoms. The molecule has 3 aromatic rings. The maximum atomic E-state index is 13.1. The van der Waals surface area contributed by atoms with Gasteiger partial charge in [-0.2, -0.15) is 0 Å². The molecule has 3 heteroatoms. The second-order valence-corrected chi connectivity index (χ2v) is 5.50. The molecule has 0 fully saturated rings. The van der Waals surface area contributed by atoms with E-state index in [1.54, 1.807) is 5.01 Å². The zero-order valence-electron chi connectivity index (χ0n) is 12.6.